The Kier molecular flexibility index (Phi) is 9.12. The van der Waals surface area contributed by atoms with Gasteiger partial charge >= 0.3 is 11.9 Å². The van der Waals surface area contributed by atoms with E-state index in [1.54, 1.807) is 7.11 Å². The summed E-state index contributed by atoms with van der Waals surface area (Å²) in [6, 6.07) is 23.2. The van der Waals surface area contributed by atoms with Crippen molar-refractivity contribution in [2.75, 3.05) is 13.7 Å². The molecule has 1 heterocycles. The van der Waals surface area contributed by atoms with E-state index in [0.29, 0.717) is 41.3 Å². The molecular weight excluding hydrogens is 717 g/mol. The van der Waals surface area contributed by atoms with Crippen LogP contribution in [0.25, 0.3) is 11.1 Å². The molecule has 8 saturated carbocycles. The van der Waals surface area contributed by atoms with Crippen LogP contribution in [0.5, 0.6) is 5.75 Å². The second kappa shape index (κ2) is 14.0. The molecule has 1 aliphatic heterocycles. The largest absolute Gasteiger partial charge is 0.496 e. The monoisotopic (exact) mass is 771 g/mol. The molecule has 2 unspecified atom stereocenters. The molecule has 293 valence electrons. The van der Waals surface area contributed by atoms with Gasteiger partial charge < -0.3 is 18.9 Å². The maximum Gasteiger partial charge on any atom is 0.314 e. The molecule has 1 radical (unpaired) electrons. The van der Waals surface area contributed by atoms with Crippen molar-refractivity contribution in [2.45, 2.75) is 108 Å². The topological polar surface area (TPSA) is 88.1 Å². The number of benzene rings is 3. The van der Waals surface area contributed by atoms with Gasteiger partial charge in [0, 0.05) is 5.56 Å². The van der Waals surface area contributed by atoms with Crippen LogP contribution in [0, 0.1) is 47.3 Å². The van der Waals surface area contributed by atoms with E-state index < -0.39 is 38.4 Å². The van der Waals surface area contributed by atoms with Crippen LogP contribution in [-0.4, -0.2) is 58.0 Å². The van der Waals surface area contributed by atoms with Crippen LogP contribution >= 0.6 is 0 Å². The Morgan fingerprint density at radius 2 is 1.25 bits per heavy atom. The molecule has 3 aromatic rings. The summed E-state index contributed by atoms with van der Waals surface area (Å²) < 4.78 is 25.3. The minimum atomic E-state index is -1.44. The Balaban J connectivity index is 0.953. The number of hydrogen-bond donors (Lipinski definition) is 0. The predicted molar refractivity (Wildman–Crippen MR) is 216 cm³/mol. The number of fused-ring (bicyclic) bond motifs is 3. The second-order valence-corrected chi connectivity index (χ2v) is 21.5. The predicted octanol–water partition coefficient (Wildman–Crippen LogP) is 6.77. The van der Waals surface area contributed by atoms with Crippen molar-refractivity contribution in [1.29, 1.82) is 0 Å². The van der Waals surface area contributed by atoms with E-state index in [2.05, 4.69) is 74.5 Å². The van der Waals surface area contributed by atoms with Crippen molar-refractivity contribution in [1.82, 2.24) is 0 Å². The van der Waals surface area contributed by atoms with Crippen molar-refractivity contribution in [3.63, 3.8) is 0 Å². The lowest BCUT2D eigenvalue weighted by Crippen LogP contribution is -2.58. The fourth-order valence-electron chi connectivity index (χ4n) is 13.5. The number of carbonyl (C=O) groups is 3. The molecular formula is C48H55O7Si. The highest BCUT2D eigenvalue weighted by atomic mass is 28.3. The first-order valence-corrected chi connectivity index (χ1v) is 22.9. The summed E-state index contributed by atoms with van der Waals surface area (Å²) in [6.45, 7) is 4.36. The molecule has 7 nitrogen and oxygen atoms in total. The third-order valence-corrected chi connectivity index (χ3v) is 18.9. The summed E-state index contributed by atoms with van der Waals surface area (Å²) in [5, 5.41) is 3.67. The number of methoxy groups -OCH3 is 1. The summed E-state index contributed by atoms with van der Waals surface area (Å²) in [4.78, 5) is 41.6. The Bertz CT molecular complexity index is 1940. The highest BCUT2D eigenvalue weighted by Gasteiger charge is 2.58. The van der Waals surface area contributed by atoms with E-state index in [0.717, 1.165) is 54.5 Å². The van der Waals surface area contributed by atoms with Crippen LogP contribution in [0.2, 0.25) is 0 Å². The molecule has 8 heteroatoms. The summed E-state index contributed by atoms with van der Waals surface area (Å²) >= 11 is 0. The minimum Gasteiger partial charge on any atom is -0.496 e. The minimum absolute atomic E-state index is 0.00684. The molecule has 0 N–H and O–H groups in total. The summed E-state index contributed by atoms with van der Waals surface area (Å²) in [5.74, 6) is 3.11. The molecule has 0 aromatic heterocycles. The summed E-state index contributed by atoms with van der Waals surface area (Å²) in [6.07, 6.45) is 11.2. The van der Waals surface area contributed by atoms with Crippen LogP contribution in [0.4, 0.5) is 0 Å². The van der Waals surface area contributed by atoms with Gasteiger partial charge in [0.2, 0.25) is 0 Å². The smallest absolute Gasteiger partial charge is 0.314 e. The number of esters is 2. The van der Waals surface area contributed by atoms with Crippen LogP contribution in [-0.2, 0) is 28.6 Å². The average molecular weight is 772 g/mol. The van der Waals surface area contributed by atoms with Gasteiger partial charge in [0.05, 0.1) is 31.7 Å². The van der Waals surface area contributed by atoms with Crippen LogP contribution in [0.3, 0.4) is 0 Å². The van der Waals surface area contributed by atoms with Gasteiger partial charge in [-0.1, -0.05) is 65.9 Å². The van der Waals surface area contributed by atoms with Crippen molar-refractivity contribution in [2.24, 2.45) is 47.3 Å². The van der Waals surface area contributed by atoms with Crippen molar-refractivity contribution in [3.05, 3.63) is 72.3 Å². The van der Waals surface area contributed by atoms with Gasteiger partial charge in [-0.2, -0.15) is 0 Å². The van der Waals surface area contributed by atoms with E-state index in [1.165, 1.54) is 60.0 Å². The standard InChI is InChI=1S/C48H55O7Si/c1-47(32-16-28-14-29(18-32)19-33(47)17-28)53-27-36(26-49)54-46(51)41(25-45(50)55-48(2)34-20-30-15-31(22-34)23-35(48)21-30)40-24-37(12-13-42(40)52-3)56-43-10-6-4-8-38(43)39-9-5-7-11-44(39)56/h4-13,24,26,28-36,41H,14-23,25,27H2,1-3H3. The third-order valence-electron chi connectivity index (χ3n) is 16.1. The number of ether oxygens (including phenoxy) is 4. The Morgan fingerprint density at radius 3 is 1.77 bits per heavy atom. The lowest BCUT2D eigenvalue weighted by atomic mass is 9.50. The molecule has 0 amide bonds. The quantitative estimate of drug-likeness (QED) is 0.0894. The van der Waals surface area contributed by atoms with Crippen LogP contribution in [0.15, 0.2) is 66.7 Å². The first-order valence-electron chi connectivity index (χ1n) is 21.4. The first kappa shape index (κ1) is 36.6. The van der Waals surface area contributed by atoms with E-state index >= 15 is 0 Å². The zero-order valence-electron chi connectivity index (χ0n) is 33.0. The lowest BCUT2D eigenvalue weighted by molar-refractivity contribution is -0.208. The third kappa shape index (κ3) is 6.02. The van der Waals surface area contributed by atoms with E-state index in [1.807, 2.05) is 6.07 Å². The highest BCUT2D eigenvalue weighted by molar-refractivity contribution is 6.99. The summed E-state index contributed by atoms with van der Waals surface area (Å²) in [5.41, 5.74) is 2.19. The van der Waals surface area contributed by atoms with Crippen LogP contribution < -0.4 is 20.3 Å². The summed E-state index contributed by atoms with van der Waals surface area (Å²) in [7, 11) is 0.152. The number of hydrogen-bond acceptors (Lipinski definition) is 7. The normalized spacial score (nSPS) is 35.4. The van der Waals surface area contributed by atoms with Gasteiger partial charge in [-0.3, -0.25) is 14.4 Å². The molecule has 8 fully saturated rings. The SMILES string of the molecule is COc1ccc([Si]2c3ccccc3-c3ccccc32)cc1C(CC(=O)OC1(C)C2CC3CC(C2)CC1C3)C(=O)OC(C=O)COC1(C)C2CC3CC(C2)CC1C3. The molecule has 8 bridgehead atoms. The Morgan fingerprint density at radius 1 is 0.732 bits per heavy atom. The highest BCUT2D eigenvalue weighted by Crippen LogP contribution is 2.61. The maximum absolute atomic E-state index is 14.6. The van der Waals surface area contributed by atoms with Gasteiger partial charge in [0.1, 0.15) is 11.4 Å². The van der Waals surface area contributed by atoms with Crippen molar-refractivity contribution >= 4 is 42.6 Å². The molecule has 2 atom stereocenters. The Labute approximate surface area is 332 Å². The lowest BCUT2D eigenvalue weighted by Gasteiger charge is -2.59. The fraction of sp³-hybridized carbons (Fsp3) is 0.562. The van der Waals surface area contributed by atoms with Crippen LogP contribution in [0.1, 0.15) is 96.0 Å². The van der Waals surface area contributed by atoms with Gasteiger partial charge in [-0.25, -0.2) is 0 Å². The van der Waals surface area contributed by atoms with Crippen molar-refractivity contribution < 1.29 is 33.3 Å². The fourth-order valence-corrected chi connectivity index (χ4v) is 16.5. The Hall–Kier alpha value is -3.75. The molecule has 3 aromatic carbocycles. The number of aldehydes is 1. The zero-order chi connectivity index (χ0) is 38.3. The van der Waals surface area contributed by atoms with E-state index in [-0.39, 0.29) is 18.6 Å². The van der Waals surface area contributed by atoms with E-state index in [4.69, 9.17) is 18.9 Å². The van der Waals surface area contributed by atoms with Crippen molar-refractivity contribution in [3.8, 4) is 16.9 Å². The molecule has 9 aliphatic rings. The average Bonchev–Trinajstić information content (AvgIpc) is 3.53. The maximum atomic E-state index is 14.6. The molecule has 56 heavy (non-hydrogen) atoms. The molecule has 0 saturated heterocycles. The van der Waals surface area contributed by atoms with Gasteiger partial charge in [-0.15, -0.1) is 0 Å². The number of carbonyl (C=O) groups excluding carboxylic acids is 3. The number of rotatable bonds is 12. The molecule has 12 rings (SSSR count). The van der Waals surface area contributed by atoms with Gasteiger partial charge in [0.25, 0.3) is 0 Å². The first-order chi connectivity index (χ1) is 27.1. The molecule has 8 aliphatic carbocycles. The second-order valence-electron chi connectivity index (χ2n) is 19.1. The van der Waals surface area contributed by atoms with Gasteiger partial charge in [0.15, 0.2) is 21.2 Å². The van der Waals surface area contributed by atoms with Gasteiger partial charge in [-0.05, 0) is 153 Å². The van der Waals surface area contributed by atoms with E-state index in [9.17, 15) is 14.4 Å². The molecule has 0 spiro atoms. The zero-order valence-corrected chi connectivity index (χ0v) is 34.0.